The number of benzene rings is 1. The summed E-state index contributed by atoms with van der Waals surface area (Å²) >= 11 is 0. The van der Waals surface area contributed by atoms with Gasteiger partial charge in [-0.2, -0.15) is 5.26 Å². The molecule has 0 heterocycles. The van der Waals surface area contributed by atoms with Crippen LogP contribution in [-0.2, 0) is 4.79 Å². The molecule has 0 atom stereocenters. The molecule has 0 unspecified atom stereocenters. The molecular formula is C10H10FN3O2. The minimum absolute atomic E-state index is 0.0334. The van der Waals surface area contributed by atoms with Crippen LogP contribution in [0.3, 0.4) is 0 Å². The number of nitrogens with zero attached hydrogens (tertiary/aromatic N) is 1. The summed E-state index contributed by atoms with van der Waals surface area (Å²) in [6.07, 6.45) is 0. The lowest BCUT2D eigenvalue weighted by Gasteiger charge is -2.10. The first-order valence-electron chi connectivity index (χ1n) is 4.38. The zero-order chi connectivity index (χ0) is 12.1. The van der Waals surface area contributed by atoms with Crippen molar-refractivity contribution in [2.24, 2.45) is 0 Å². The topological polar surface area (TPSA) is 74.2 Å². The number of hydrogen-bond acceptors (Lipinski definition) is 4. The molecule has 6 heteroatoms. The largest absolute Gasteiger partial charge is 0.495 e. The highest BCUT2D eigenvalue weighted by atomic mass is 19.1. The molecule has 84 valence electrons. The Morgan fingerprint density at radius 3 is 2.75 bits per heavy atom. The second-order valence-electron chi connectivity index (χ2n) is 2.95. The smallest absolute Gasteiger partial charge is 0.235 e. The Bertz CT molecular complexity index is 454. The Balaban J connectivity index is 3.02. The summed E-state index contributed by atoms with van der Waals surface area (Å²) in [5.41, 5.74) is 4.72. The molecule has 2 N–H and O–H groups in total. The van der Waals surface area contributed by atoms with E-state index in [1.807, 2.05) is 0 Å². The van der Waals surface area contributed by atoms with E-state index in [9.17, 15) is 9.18 Å². The van der Waals surface area contributed by atoms with Crippen LogP contribution < -0.4 is 15.6 Å². The average Bonchev–Trinajstić information content (AvgIpc) is 2.26. The highest BCUT2D eigenvalue weighted by molar-refractivity contribution is 5.74. The summed E-state index contributed by atoms with van der Waals surface area (Å²) in [5.74, 6) is -0.773. The van der Waals surface area contributed by atoms with Gasteiger partial charge in [-0.3, -0.25) is 15.6 Å². The molecule has 0 bridgehead atoms. The number of methoxy groups -OCH3 is 1. The third kappa shape index (κ3) is 2.60. The minimum Gasteiger partial charge on any atom is -0.495 e. The van der Waals surface area contributed by atoms with E-state index in [0.717, 1.165) is 6.07 Å². The minimum atomic E-state index is -0.647. The van der Waals surface area contributed by atoms with Gasteiger partial charge in [0, 0.05) is 13.0 Å². The van der Waals surface area contributed by atoms with E-state index in [0.29, 0.717) is 0 Å². The Morgan fingerprint density at radius 2 is 2.25 bits per heavy atom. The van der Waals surface area contributed by atoms with Gasteiger partial charge in [0.2, 0.25) is 5.91 Å². The molecule has 0 aromatic heterocycles. The van der Waals surface area contributed by atoms with Crippen molar-refractivity contribution >= 4 is 11.6 Å². The molecule has 0 aliphatic rings. The van der Waals surface area contributed by atoms with Crippen LogP contribution in [0.2, 0.25) is 0 Å². The van der Waals surface area contributed by atoms with Crippen LogP contribution >= 0.6 is 0 Å². The van der Waals surface area contributed by atoms with E-state index in [1.54, 1.807) is 6.07 Å². The van der Waals surface area contributed by atoms with Gasteiger partial charge in [0.25, 0.3) is 0 Å². The van der Waals surface area contributed by atoms with Crippen molar-refractivity contribution in [3.8, 4) is 11.8 Å². The monoisotopic (exact) mass is 223 g/mol. The number of nitrogens with one attached hydrogen (secondary N) is 2. The molecule has 1 aromatic rings. The Hall–Kier alpha value is -2.29. The van der Waals surface area contributed by atoms with Gasteiger partial charge in [-0.1, -0.05) is 0 Å². The number of halogens is 1. The van der Waals surface area contributed by atoms with Crippen LogP contribution in [0.4, 0.5) is 10.1 Å². The molecule has 0 aliphatic heterocycles. The second kappa shape index (κ2) is 4.98. The van der Waals surface area contributed by atoms with Gasteiger partial charge >= 0.3 is 0 Å². The van der Waals surface area contributed by atoms with Gasteiger partial charge in [-0.15, -0.1) is 0 Å². The molecule has 16 heavy (non-hydrogen) atoms. The van der Waals surface area contributed by atoms with E-state index in [-0.39, 0.29) is 22.9 Å². The van der Waals surface area contributed by atoms with Gasteiger partial charge in [0.15, 0.2) is 0 Å². The summed E-state index contributed by atoms with van der Waals surface area (Å²) in [6, 6.07) is 4.13. The van der Waals surface area contributed by atoms with E-state index in [4.69, 9.17) is 10.00 Å². The Morgan fingerprint density at radius 1 is 1.56 bits per heavy atom. The van der Waals surface area contributed by atoms with Crippen molar-refractivity contribution in [2.45, 2.75) is 6.92 Å². The standard InChI is InChI=1S/C10H10FN3O2/c1-6(15)13-14-9-4-10(16-2)7(5-12)3-8(9)11/h3-4,14H,1-2H3,(H,13,15). The van der Waals surface area contributed by atoms with Crippen LogP contribution in [0.25, 0.3) is 0 Å². The molecule has 0 aliphatic carbocycles. The molecule has 1 rings (SSSR count). The summed E-state index contributed by atoms with van der Waals surface area (Å²) in [7, 11) is 1.37. The predicted molar refractivity (Wildman–Crippen MR) is 55.1 cm³/mol. The van der Waals surface area contributed by atoms with Crippen LogP contribution in [0.1, 0.15) is 12.5 Å². The lowest BCUT2D eigenvalue weighted by Crippen LogP contribution is -2.27. The SMILES string of the molecule is COc1cc(NNC(C)=O)c(F)cc1C#N. The van der Waals surface area contributed by atoms with Crippen molar-refractivity contribution < 1.29 is 13.9 Å². The molecule has 0 radical (unpaired) electrons. The van der Waals surface area contributed by atoms with Gasteiger partial charge < -0.3 is 4.74 Å². The van der Waals surface area contributed by atoms with Crippen molar-refractivity contribution in [3.05, 3.63) is 23.5 Å². The molecule has 0 saturated carbocycles. The molecule has 1 aromatic carbocycles. The average molecular weight is 223 g/mol. The lowest BCUT2D eigenvalue weighted by molar-refractivity contribution is -0.118. The fourth-order valence-corrected chi connectivity index (χ4v) is 1.06. The zero-order valence-corrected chi connectivity index (χ0v) is 8.80. The van der Waals surface area contributed by atoms with Crippen molar-refractivity contribution in [1.82, 2.24) is 5.43 Å². The predicted octanol–water partition coefficient (Wildman–Crippen LogP) is 1.17. The Kier molecular flexibility index (Phi) is 3.67. The van der Waals surface area contributed by atoms with Gasteiger partial charge in [0.05, 0.1) is 18.4 Å². The number of ether oxygens (including phenoxy) is 1. The molecule has 0 spiro atoms. The maximum atomic E-state index is 13.4. The van der Waals surface area contributed by atoms with Crippen LogP contribution in [-0.4, -0.2) is 13.0 Å². The molecular weight excluding hydrogens is 213 g/mol. The summed E-state index contributed by atoms with van der Waals surface area (Å²) < 4.78 is 18.3. The molecule has 0 saturated heterocycles. The normalized spacial score (nSPS) is 9.12. The van der Waals surface area contributed by atoms with Crippen LogP contribution in [0, 0.1) is 17.1 Å². The van der Waals surface area contributed by atoms with Crippen LogP contribution in [0.5, 0.6) is 5.75 Å². The summed E-state index contributed by atoms with van der Waals surface area (Å²) in [5, 5.41) is 8.70. The van der Waals surface area contributed by atoms with E-state index >= 15 is 0 Å². The van der Waals surface area contributed by atoms with Gasteiger partial charge in [-0.05, 0) is 6.07 Å². The highest BCUT2D eigenvalue weighted by Crippen LogP contribution is 2.25. The number of carbonyl (C=O) groups excluding carboxylic acids is 1. The molecule has 1 amide bonds. The fraction of sp³-hybridized carbons (Fsp3) is 0.200. The lowest BCUT2D eigenvalue weighted by atomic mass is 10.2. The number of carbonyl (C=O) groups is 1. The Labute approximate surface area is 91.8 Å². The second-order valence-corrected chi connectivity index (χ2v) is 2.95. The fourth-order valence-electron chi connectivity index (χ4n) is 1.06. The number of anilines is 1. The molecule has 5 nitrogen and oxygen atoms in total. The number of hydrogen-bond donors (Lipinski definition) is 2. The first kappa shape index (κ1) is 11.8. The number of rotatable bonds is 3. The quantitative estimate of drug-likeness (QED) is 0.754. The van der Waals surface area contributed by atoms with Crippen LogP contribution in [0.15, 0.2) is 12.1 Å². The van der Waals surface area contributed by atoms with E-state index in [2.05, 4.69) is 10.9 Å². The van der Waals surface area contributed by atoms with Crippen molar-refractivity contribution in [2.75, 3.05) is 12.5 Å². The zero-order valence-electron chi connectivity index (χ0n) is 8.80. The summed E-state index contributed by atoms with van der Waals surface area (Å²) in [6.45, 7) is 1.28. The first-order valence-corrected chi connectivity index (χ1v) is 4.38. The number of nitriles is 1. The van der Waals surface area contributed by atoms with E-state index < -0.39 is 5.82 Å². The molecule has 0 fully saturated rings. The van der Waals surface area contributed by atoms with E-state index in [1.165, 1.54) is 20.1 Å². The summed E-state index contributed by atoms with van der Waals surface area (Å²) in [4.78, 5) is 10.6. The third-order valence-electron chi connectivity index (χ3n) is 1.78. The first-order chi connectivity index (χ1) is 7.58. The van der Waals surface area contributed by atoms with Crippen molar-refractivity contribution in [3.63, 3.8) is 0 Å². The van der Waals surface area contributed by atoms with Gasteiger partial charge in [-0.25, -0.2) is 4.39 Å². The highest BCUT2D eigenvalue weighted by Gasteiger charge is 2.10. The number of amides is 1. The maximum Gasteiger partial charge on any atom is 0.235 e. The third-order valence-corrected chi connectivity index (χ3v) is 1.78. The maximum absolute atomic E-state index is 13.4. The van der Waals surface area contributed by atoms with Gasteiger partial charge in [0.1, 0.15) is 17.6 Å². The van der Waals surface area contributed by atoms with Crippen molar-refractivity contribution in [1.29, 1.82) is 5.26 Å². The number of hydrazine groups is 1.